The van der Waals surface area contributed by atoms with Gasteiger partial charge in [0.1, 0.15) is 0 Å². The van der Waals surface area contributed by atoms with E-state index >= 15 is 0 Å². The van der Waals surface area contributed by atoms with E-state index < -0.39 is 6.10 Å². The number of hydrogen-bond donors (Lipinski definition) is 1. The van der Waals surface area contributed by atoms with Crippen molar-refractivity contribution in [2.24, 2.45) is 5.92 Å². The van der Waals surface area contributed by atoms with E-state index in [9.17, 15) is 5.11 Å². The zero-order valence-corrected chi connectivity index (χ0v) is 15.8. The van der Waals surface area contributed by atoms with Gasteiger partial charge in [0, 0.05) is 15.6 Å². The Bertz CT molecular complexity index is 477. The first-order valence-electron chi connectivity index (χ1n) is 7.44. The van der Waals surface area contributed by atoms with Gasteiger partial charge >= 0.3 is 0 Å². The number of halogens is 2. The summed E-state index contributed by atoms with van der Waals surface area (Å²) in [5, 5.41) is 10.8. The van der Waals surface area contributed by atoms with E-state index in [1.54, 1.807) is 0 Å². The third-order valence-electron chi connectivity index (χ3n) is 4.61. The Morgan fingerprint density at radius 3 is 2.52 bits per heavy atom. The molecule has 0 aromatic heterocycles. The molecule has 0 saturated carbocycles. The smallest absolute Gasteiger partial charge is 0.0820 e. The molecule has 2 saturated heterocycles. The molecule has 0 aliphatic carbocycles. The van der Waals surface area contributed by atoms with Gasteiger partial charge in [0.05, 0.1) is 11.7 Å². The number of aliphatic hydroxyl groups excluding tert-OH is 1. The second-order valence-corrected chi connectivity index (χ2v) is 9.10. The van der Waals surface area contributed by atoms with E-state index in [1.807, 2.05) is 30.0 Å². The lowest BCUT2D eigenvalue weighted by Crippen LogP contribution is -2.44. The summed E-state index contributed by atoms with van der Waals surface area (Å²) >= 11 is 9.03. The molecular weight excluding hydrogens is 416 g/mol. The molecule has 0 bridgehead atoms. The topological polar surface area (TPSA) is 29.5 Å². The number of ether oxygens (including phenoxy) is 1. The van der Waals surface area contributed by atoms with E-state index in [0.29, 0.717) is 5.92 Å². The largest absolute Gasteiger partial charge is 0.388 e. The van der Waals surface area contributed by atoms with Gasteiger partial charge in [-0.1, -0.05) is 31.9 Å². The average molecular weight is 436 g/mol. The Morgan fingerprint density at radius 2 is 1.86 bits per heavy atom. The molecule has 2 heterocycles. The summed E-state index contributed by atoms with van der Waals surface area (Å²) < 4.78 is 8.13. The maximum Gasteiger partial charge on any atom is 0.0820 e. The van der Waals surface area contributed by atoms with E-state index in [4.69, 9.17) is 4.74 Å². The number of benzene rings is 1. The van der Waals surface area contributed by atoms with E-state index in [-0.39, 0.29) is 5.60 Å². The summed E-state index contributed by atoms with van der Waals surface area (Å²) in [6.07, 6.45) is 3.78. The predicted molar refractivity (Wildman–Crippen MR) is 94.8 cm³/mol. The molecule has 2 unspecified atom stereocenters. The van der Waals surface area contributed by atoms with Crippen LogP contribution in [0.1, 0.15) is 37.4 Å². The lowest BCUT2D eigenvalue weighted by Gasteiger charge is -2.44. The molecule has 2 fully saturated rings. The fourth-order valence-electron chi connectivity index (χ4n) is 3.45. The highest BCUT2D eigenvalue weighted by Crippen LogP contribution is 2.44. The van der Waals surface area contributed by atoms with Gasteiger partial charge < -0.3 is 9.84 Å². The van der Waals surface area contributed by atoms with Gasteiger partial charge in [0.25, 0.3) is 0 Å². The zero-order chi connectivity index (χ0) is 14.9. The van der Waals surface area contributed by atoms with E-state index in [2.05, 4.69) is 31.9 Å². The summed E-state index contributed by atoms with van der Waals surface area (Å²) in [7, 11) is 0. The lowest BCUT2D eigenvalue weighted by molar-refractivity contribution is -0.121. The normalized spacial score (nSPS) is 26.7. The van der Waals surface area contributed by atoms with Gasteiger partial charge in [0.15, 0.2) is 0 Å². The maximum absolute atomic E-state index is 10.8. The fraction of sp³-hybridized carbons (Fsp3) is 0.625. The summed E-state index contributed by atoms with van der Waals surface area (Å²) in [6, 6.07) is 6.04. The molecule has 2 nitrogen and oxygen atoms in total. The van der Waals surface area contributed by atoms with Gasteiger partial charge in [-0.15, -0.1) is 0 Å². The van der Waals surface area contributed by atoms with Gasteiger partial charge in [-0.05, 0) is 66.9 Å². The van der Waals surface area contributed by atoms with Gasteiger partial charge in [0.2, 0.25) is 0 Å². The van der Waals surface area contributed by atoms with Crippen LogP contribution in [0.25, 0.3) is 0 Å². The second-order valence-electron chi connectivity index (χ2n) is 6.04. The maximum atomic E-state index is 10.8. The zero-order valence-electron chi connectivity index (χ0n) is 11.9. The fourth-order valence-corrected chi connectivity index (χ4v) is 6.01. The molecule has 1 aromatic carbocycles. The lowest BCUT2D eigenvalue weighted by atomic mass is 9.78. The first-order valence-corrected chi connectivity index (χ1v) is 10.2. The average Bonchev–Trinajstić information content (AvgIpc) is 2.46. The van der Waals surface area contributed by atoms with Crippen molar-refractivity contribution in [2.75, 3.05) is 18.1 Å². The van der Waals surface area contributed by atoms with E-state index in [1.165, 1.54) is 11.5 Å². The molecule has 1 spiro atoms. The molecule has 0 radical (unpaired) electrons. The third kappa shape index (κ3) is 3.86. The van der Waals surface area contributed by atoms with Crippen LogP contribution in [-0.4, -0.2) is 28.8 Å². The Hall–Kier alpha value is 0.450. The van der Waals surface area contributed by atoms with Crippen LogP contribution in [-0.2, 0) is 4.74 Å². The van der Waals surface area contributed by atoms with Crippen LogP contribution >= 0.6 is 43.6 Å². The van der Waals surface area contributed by atoms with Gasteiger partial charge in [-0.2, -0.15) is 11.8 Å². The standard InChI is InChI=1S/C16H20Br2O2S/c17-13-7-12(8-14(18)9-13)15(19)11-1-4-20-16(10-11)2-5-21-6-3-16/h7-9,11,15,19H,1-6,10H2. The monoisotopic (exact) mass is 434 g/mol. The molecular formula is C16H20Br2O2S. The Morgan fingerprint density at radius 1 is 1.19 bits per heavy atom. The number of rotatable bonds is 2. The van der Waals surface area contributed by atoms with Crippen molar-refractivity contribution in [2.45, 2.75) is 37.4 Å². The van der Waals surface area contributed by atoms with Crippen molar-refractivity contribution in [1.82, 2.24) is 0 Å². The molecule has 1 aromatic rings. The first-order chi connectivity index (χ1) is 10.1. The van der Waals surface area contributed by atoms with E-state index in [0.717, 1.165) is 46.8 Å². The van der Waals surface area contributed by atoms with Crippen LogP contribution in [0.2, 0.25) is 0 Å². The van der Waals surface area contributed by atoms with Crippen LogP contribution in [0.4, 0.5) is 0 Å². The predicted octanol–water partition coefficient (Wildman–Crippen LogP) is 4.94. The summed E-state index contributed by atoms with van der Waals surface area (Å²) in [4.78, 5) is 0. The molecule has 0 amide bonds. The minimum atomic E-state index is -0.408. The summed E-state index contributed by atoms with van der Waals surface area (Å²) in [5.74, 6) is 2.67. The van der Waals surface area contributed by atoms with Crippen molar-refractivity contribution in [1.29, 1.82) is 0 Å². The van der Waals surface area contributed by atoms with Crippen molar-refractivity contribution in [3.8, 4) is 0 Å². The molecule has 3 rings (SSSR count). The first kappa shape index (κ1) is 16.3. The summed E-state index contributed by atoms with van der Waals surface area (Å²) in [6.45, 7) is 0.779. The van der Waals surface area contributed by atoms with Crippen molar-refractivity contribution in [3.63, 3.8) is 0 Å². The highest BCUT2D eigenvalue weighted by atomic mass is 79.9. The SMILES string of the molecule is OC(c1cc(Br)cc(Br)c1)C1CCOC2(CCSCC2)C1. The van der Waals surface area contributed by atoms with Crippen LogP contribution in [0.5, 0.6) is 0 Å². The van der Waals surface area contributed by atoms with Crippen molar-refractivity contribution >= 4 is 43.6 Å². The van der Waals surface area contributed by atoms with Crippen LogP contribution < -0.4 is 0 Å². The highest BCUT2D eigenvalue weighted by Gasteiger charge is 2.41. The highest BCUT2D eigenvalue weighted by molar-refractivity contribution is 9.11. The van der Waals surface area contributed by atoms with Crippen LogP contribution in [0.15, 0.2) is 27.1 Å². The third-order valence-corrected chi connectivity index (χ3v) is 6.51. The number of hydrogen-bond acceptors (Lipinski definition) is 3. The molecule has 2 aliphatic heterocycles. The second kappa shape index (κ2) is 6.91. The minimum Gasteiger partial charge on any atom is -0.388 e. The van der Waals surface area contributed by atoms with Crippen molar-refractivity contribution < 1.29 is 9.84 Å². The van der Waals surface area contributed by atoms with Gasteiger partial charge in [-0.25, -0.2) is 0 Å². The Labute approximate surface area is 147 Å². The number of thioether (sulfide) groups is 1. The molecule has 2 aliphatic rings. The Balaban J connectivity index is 1.76. The Kier molecular flexibility index (Phi) is 5.37. The van der Waals surface area contributed by atoms with Crippen LogP contribution in [0, 0.1) is 5.92 Å². The quantitative estimate of drug-likeness (QED) is 0.713. The van der Waals surface area contributed by atoms with Crippen molar-refractivity contribution in [3.05, 3.63) is 32.7 Å². The molecule has 2 atom stereocenters. The number of aliphatic hydroxyl groups is 1. The molecule has 116 valence electrons. The molecule has 5 heteroatoms. The molecule has 1 N–H and O–H groups in total. The van der Waals surface area contributed by atoms with Gasteiger partial charge in [-0.3, -0.25) is 0 Å². The summed E-state index contributed by atoms with van der Waals surface area (Å²) in [5.41, 5.74) is 1.02. The molecule has 21 heavy (non-hydrogen) atoms. The van der Waals surface area contributed by atoms with Crippen LogP contribution in [0.3, 0.4) is 0 Å². The minimum absolute atomic E-state index is 0.0262.